The van der Waals surface area contributed by atoms with Crippen LogP contribution >= 0.6 is 11.3 Å². The zero-order chi connectivity index (χ0) is 37.5. The van der Waals surface area contributed by atoms with Crippen LogP contribution in [0.15, 0.2) is 196 Å². The van der Waals surface area contributed by atoms with Gasteiger partial charge in [-0.2, -0.15) is 0 Å². The van der Waals surface area contributed by atoms with E-state index in [1.165, 1.54) is 42.1 Å². The minimum atomic E-state index is -0.405. The van der Waals surface area contributed by atoms with Crippen LogP contribution in [-0.4, -0.2) is 16.2 Å². The van der Waals surface area contributed by atoms with Gasteiger partial charge in [-0.15, -0.1) is 11.3 Å². The molecule has 0 aliphatic carbocycles. The van der Waals surface area contributed by atoms with Crippen molar-refractivity contribution in [3.63, 3.8) is 0 Å². The topological polar surface area (TPSA) is 54.8 Å². The van der Waals surface area contributed by atoms with Gasteiger partial charge in [0.25, 0.3) is 0 Å². The van der Waals surface area contributed by atoms with Gasteiger partial charge in [-0.3, -0.25) is 0 Å². The molecule has 1 unspecified atom stereocenters. The summed E-state index contributed by atoms with van der Waals surface area (Å²) in [6, 6.07) is 64.3. The predicted molar refractivity (Wildman–Crippen MR) is 238 cm³/mol. The second-order valence-electron chi connectivity index (χ2n) is 14.6. The first-order chi connectivity index (χ1) is 28.2. The molecule has 1 atom stereocenters. The van der Waals surface area contributed by atoms with Crippen LogP contribution in [-0.2, 0) is 0 Å². The molecular formula is C51H32N4OS. The van der Waals surface area contributed by atoms with Gasteiger partial charge in [-0.05, 0) is 59.7 Å². The van der Waals surface area contributed by atoms with Crippen molar-refractivity contribution >= 4 is 86.9 Å². The average molecular weight is 749 g/mol. The molecule has 0 bridgehead atoms. The van der Waals surface area contributed by atoms with Gasteiger partial charge in [0.05, 0.1) is 11.0 Å². The average Bonchev–Trinajstić information content (AvgIpc) is 3.96. The number of hydrogen-bond donors (Lipinski definition) is 1. The summed E-state index contributed by atoms with van der Waals surface area (Å²) >= 11 is 1.80. The molecule has 6 heteroatoms. The summed E-state index contributed by atoms with van der Waals surface area (Å²) in [6.45, 7) is 0. The van der Waals surface area contributed by atoms with Crippen LogP contribution in [0, 0.1) is 0 Å². The van der Waals surface area contributed by atoms with Crippen LogP contribution in [0.25, 0.3) is 80.7 Å². The molecule has 1 N–H and O–H groups in total. The molecule has 4 heterocycles. The lowest BCUT2D eigenvalue weighted by molar-refractivity contribution is 0.662. The number of benzene rings is 8. The largest absolute Gasteiger partial charge is 0.456 e. The van der Waals surface area contributed by atoms with Crippen LogP contribution in [0.2, 0.25) is 0 Å². The van der Waals surface area contributed by atoms with Gasteiger partial charge in [-0.1, -0.05) is 127 Å². The molecule has 8 aromatic carbocycles. The molecule has 0 radical (unpaired) electrons. The first-order valence-electron chi connectivity index (χ1n) is 19.2. The minimum Gasteiger partial charge on any atom is -0.456 e. The lowest BCUT2D eigenvalue weighted by Crippen LogP contribution is -2.33. The van der Waals surface area contributed by atoms with Crippen molar-refractivity contribution in [1.29, 1.82) is 0 Å². The van der Waals surface area contributed by atoms with Gasteiger partial charge in [0.2, 0.25) is 0 Å². The van der Waals surface area contributed by atoms with Crippen molar-refractivity contribution in [3.05, 3.63) is 199 Å². The fraction of sp³-hybridized carbons (Fsp3) is 0.0196. The maximum atomic E-state index is 6.72. The monoisotopic (exact) mass is 748 g/mol. The van der Waals surface area contributed by atoms with Crippen LogP contribution < -0.4 is 5.32 Å². The van der Waals surface area contributed by atoms with E-state index in [1.54, 1.807) is 11.3 Å². The highest BCUT2D eigenvalue weighted by Crippen LogP contribution is 2.41. The molecule has 3 aromatic heterocycles. The van der Waals surface area contributed by atoms with Crippen LogP contribution in [0.3, 0.4) is 0 Å². The quantitative estimate of drug-likeness (QED) is 0.191. The first kappa shape index (κ1) is 32.0. The number of rotatable bonds is 5. The summed E-state index contributed by atoms with van der Waals surface area (Å²) in [4.78, 5) is 10.5. The lowest BCUT2D eigenvalue weighted by Gasteiger charge is -2.24. The third kappa shape index (κ3) is 5.08. The molecule has 1 aliphatic rings. The van der Waals surface area contributed by atoms with Crippen LogP contribution in [0.4, 0.5) is 0 Å². The molecule has 12 rings (SSSR count). The minimum absolute atomic E-state index is 0.405. The summed E-state index contributed by atoms with van der Waals surface area (Å²) in [5, 5.41) is 10.8. The highest BCUT2D eigenvalue weighted by molar-refractivity contribution is 7.26. The van der Waals surface area contributed by atoms with Crippen LogP contribution in [0.1, 0.15) is 22.9 Å². The Bertz CT molecular complexity index is 3450. The molecule has 0 saturated heterocycles. The van der Waals surface area contributed by atoms with Crippen LogP contribution in [0.5, 0.6) is 0 Å². The Balaban J connectivity index is 1.00. The number of thiophene rings is 1. The van der Waals surface area contributed by atoms with E-state index in [-0.39, 0.29) is 0 Å². The lowest BCUT2D eigenvalue weighted by atomic mass is 10.0. The maximum Gasteiger partial charge on any atom is 0.159 e. The van der Waals surface area contributed by atoms with E-state index in [0.717, 1.165) is 61.2 Å². The van der Waals surface area contributed by atoms with Gasteiger partial charge in [0.1, 0.15) is 23.2 Å². The first-order valence-corrected chi connectivity index (χ1v) is 20.0. The summed E-state index contributed by atoms with van der Waals surface area (Å²) in [6.07, 6.45) is -0.405. The Hall–Kier alpha value is -7.28. The van der Waals surface area contributed by atoms with E-state index in [0.29, 0.717) is 5.84 Å². The van der Waals surface area contributed by atoms with Gasteiger partial charge >= 0.3 is 0 Å². The van der Waals surface area contributed by atoms with E-state index in [2.05, 4.69) is 174 Å². The number of nitrogens with zero attached hydrogens (tertiary/aromatic N) is 3. The van der Waals surface area contributed by atoms with Crippen molar-refractivity contribution in [2.75, 3.05) is 0 Å². The molecule has 0 amide bonds. The summed E-state index contributed by atoms with van der Waals surface area (Å²) in [5.74, 6) is 1.50. The molecule has 11 aromatic rings. The standard InChI is InChI=1S/C51H32N4OS/c1-3-13-31(14-4-1)33-25-28-43-41(29-33)35-17-7-9-22-42(35)55(43)34-26-27-38-45(30-34)56-44-23-12-20-39(47(38)44)50-52-49(32-15-5-2-6-16-32)53-51(54-50)40-21-11-19-37-36-18-8-10-24-46(36)57-48(37)40/h1-30,50H,(H,52,53,54). The van der Waals surface area contributed by atoms with Crippen molar-refractivity contribution in [1.82, 2.24) is 9.88 Å². The summed E-state index contributed by atoms with van der Waals surface area (Å²) in [5.41, 5.74) is 10.5. The molecule has 57 heavy (non-hydrogen) atoms. The highest BCUT2D eigenvalue weighted by Gasteiger charge is 2.26. The predicted octanol–water partition coefficient (Wildman–Crippen LogP) is 13.2. The number of furan rings is 1. The van der Waals surface area contributed by atoms with E-state index in [1.807, 2.05) is 18.2 Å². The molecule has 0 saturated carbocycles. The second kappa shape index (κ2) is 12.6. The number of nitrogens with one attached hydrogen (secondary N) is 1. The van der Waals surface area contributed by atoms with Crippen molar-refractivity contribution in [3.8, 4) is 16.8 Å². The van der Waals surface area contributed by atoms with E-state index >= 15 is 0 Å². The molecule has 0 fully saturated rings. The zero-order valence-corrected chi connectivity index (χ0v) is 31.4. The van der Waals surface area contributed by atoms with Gasteiger partial charge in [-0.25, -0.2) is 9.98 Å². The number of fused-ring (bicyclic) bond motifs is 9. The molecular weight excluding hydrogens is 717 g/mol. The molecule has 1 aliphatic heterocycles. The SMILES string of the molecule is c1ccc(C2=NC(c3cccc4oc5cc(-n6c7ccccc7c7cc(-c8ccccc8)ccc76)ccc5c34)NC(c3cccc4c3sc3ccccc34)=N2)cc1. The Kier molecular flexibility index (Phi) is 7.09. The third-order valence-corrected chi connectivity index (χ3v) is 12.5. The van der Waals surface area contributed by atoms with E-state index in [9.17, 15) is 0 Å². The molecule has 0 spiro atoms. The summed E-state index contributed by atoms with van der Waals surface area (Å²) < 4.78 is 11.5. The number of para-hydroxylation sites is 1. The molecule has 5 nitrogen and oxygen atoms in total. The fourth-order valence-electron chi connectivity index (χ4n) is 8.67. The Labute approximate surface area is 331 Å². The molecule has 268 valence electrons. The van der Waals surface area contributed by atoms with Crippen molar-refractivity contribution in [2.45, 2.75) is 6.17 Å². The third-order valence-electron chi connectivity index (χ3n) is 11.3. The van der Waals surface area contributed by atoms with Gasteiger partial charge in [0.15, 0.2) is 5.84 Å². The number of aliphatic imine (C=N–C) groups is 2. The normalized spacial score (nSPS) is 14.5. The highest BCUT2D eigenvalue weighted by atomic mass is 32.1. The van der Waals surface area contributed by atoms with E-state index in [4.69, 9.17) is 14.4 Å². The van der Waals surface area contributed by atoms with Gasteiger partial charge in [0, 0.05) is 70.2 Å². The van der Waals surface area contributed by atoms with E-state index < -0.39 is 6.17 Å². The summed E-state index contributed by atoms with van der Waals surface area (Å²) in [7, 11) is 0. The number of amidine groups is 2. The van der Waals surface area contributed by atoms with Crippen molar-refractivity contribution < 1.29 is 4.42 Å². The zero-order valence-electron chi connectivity index (χ0n) is 30.6. The Morgan fingerprint density at radius 3 is 2.14 bits per heavy atom. The van der Waals surface area contributed by atoms with Crippen molar-refractivity contribution in [2.24, 2.45) is 9.98 Å². The maximum absolute atomic E-state index is 6.72. The Morgan fingerprint density at radius 2 is 1.26 bits per heavy atom. The Morgan fingerprint density at radius 1 is 0.526 bits per heavy atom. The van der Waals surface area contributed by atoms with Gasteiger partial charge < -0.3 is 14.3 Å². The second-order valence-corrected chi connectivity index (χ2v) is 15.6. The fourth-order valence-corrected chi connectivity index (χ4v) is 9.88. The number of aromatic nitrogens is 1. The number of hydrogen-bond acceptors (Lipinski definition) is 5. The smallest absolute Gasteiger partial charge is 0.159 e.